The molecule has 1 aromatic carbocycles. The molecule has 7 heteroatoms. The van der Waals surface area contributed by atoms with Crippen molar-refractivity contribution in [1.82, 2.24) is 4.90 Å². The van der Waals surface area contributed by atoms with Gasteiger partial charge in [0.15, 0.2) is 5.06 Å². The topological polar surface area (TPSA) is 55.8 Å². The van der Waals surface area contributed by atoms with Crippen LogP contribution in [0.1, 0.15) is 35.9 Å². The fraction of sp³-hybridized carbons (Fsp3) is 0.368. The molecule has 0 spiro atoms. The zero-order valence-electron chi connectivity index (χ0n) is 14.7. The van der Waals surface area contributed by atoms with E-state index < -0.39 is 6.04 Å². The Labute approximate surface area is 161 Å². The molecule has 0 radical (unpaired) electrons. The zero-order chi connectivity index (χ0) is 18.7. The summed E-state index contributed by atoms with van der Waals surface area (Å²) in [5.74, 6) is -0.639. The van der Waals surface area contributed by atoms with E-state index in [0.717, 1.165) is 17.5 Å². The van der Waals surface area contributed by atoms with Crippen LogP contribution in [0, 0.1) is 0 Å². The van der Waals surface area contributed by atoms with Crippen LogP contribution in [0.25, 0.3) is 0 Å². The maximum atomic E-state index is 12.7. The summed E-state index contributed by atoms with van der Waals surface area (Å²) in [7, 11) is 0. The Balaban J connectivity index is 1.88. The number of carbonyl (C=O) groups is 2. The van der Waals surface area contributed by atoms with Gasteiger partial charge in [-0.15, -0.1) is 11.3 Å². The van der Waals surface area contributed by atoms with E-state index in [2.05, 4.69) is 4.90 Å². The van der Waals surface area contributed by atoms with Gasteiger partial charge < -0.3 is 9.47 Å². The van der Waals surface area contributed by atoms with E-state index >= 15 is 0 Å². The van der Waals surface area contributed by atoms with Gasteiger partial charge in [0, 0.05) is 29.9 Å². The van der Waals surface area contributed by atoms with Gasteiger partial charge in [-0.3, -0.25) is 9.69 Å². The average Bonchev–Trinajstić information content (AvgIpc) is 2.98. The summed E-state index contributed by atoms with van der Waals surface area (Å²) in [5.41, 5.74) is 1.81. The molecule has 0 saturated carbocycles. The Morgan fingerprint density at radius 1 is 1.35 bits per heavy atom. The van der Waals surface area contributed by atoms with Crippen molar-refractivity contribution in [3.63, 3.8) is 0 Å². The number of nitrogens with zero attached hydrogens (tertiary/aromatic N) is 1. The lowest BCUT2D eigenvalue weighted by Gasteiger charge is -2.33. The van der Waals surface area contributed by atoms with Crippen molar-refractivity contribution in [2.75, 3.05) is 13.2 Å². The van der Waals surface area contributed by atoms with Gasteiger partial charge in [-0.05, 0) is 36.6 Å². The number of esters is 2. The predicted octanol–water partition coefficient (Wildman–Crippen LogP) is 3.99. The molecule has 0 bridgehead atoms. The van der Waals surface area contributed by atoms with Crippen LogP contribution in [0.15, 0.2) is 30.3 Å². The van der Waals surface area contributed by atoms with Gasteiger partial charge in [-0.2, -0.15) is 0 Å². The third kappa shape index (κ3) is 4.09. The fourth-order valence-corrected chi connectivity index (χ4v) is 4.42. The molecule has 0 saturated heterocycles. The molecule has 26 heavy (non-hydrogen) atoms. The first kappa shape index (κ1) is 18.9. The van der Waals surface area contributed by atoms with E-state index in [9.17, 15) is 9.59 Å². The number of carbonyl (C=O) groups excluding carboxylic acids is 2. The Bertz CT molecular complexity index is 820. The van der Waals surface area contributed by atoms with Crippen LogP contribution in [0.5, 0.6) is 5.06 Å². The minimum Gasteiger partial charge on any atom is -0.465 e. The molecule has 138 valence electrons. The molecule has 0 aliphatic carbocycles. The highest BCUT2D eigenvalue weighted by Crippen LogP contribution is 2.37. The first-order valence-electron chi connectivity index (χ1n) is 8.44. The van der Waals surface area contributed by atoms with Gasteiger partial charge in [0.05, 0.1) is 6.61 Å². The van der Waals surface area contributed by atoms with Crippen molar-refractivity contribution in [3.8, 4) is 5.06 Å². The molecule has 0 N–H and O–H groups in total. The molecule has 1 aliphatic heterocycles. The lowest BCUT2D eigenvalue weighted by molar-refractivity contribution is -0.150. The minimum absolute atomic E-state index is 0.306. The van der Waals surface area contributed by atoms with Crippen LogP contribution < -0.4 is 4.74 Å². The molecular formula is C19H20ClNO4S. The second kappa shape index (κ2) is 8.20. The monoisotopic (exact) mass is 393 g/mol. The summed E-state index contributed by atoms with van der Waals surface area (Å²) in [6.45, 7) is 4.76. The predicted molar refractivity (Wildman–Crippen MR) is 101 cm³/mol. The summed E-state index contributed by atoms with van der Waals surface area (Å²) in [6.07, 6.45) is 0.779. The lowest BCUT2D eigenvalue weighted by Crippen LogP contribution is -2.38. The van der Waals surface area contributed by atoms with Gasteiger partial charge >= 0.3 is 11.9 Å². The first-order chi connectivity index (χ1) is 12.5. The second-order valence-electron chi connectivity index (χ2n) is 6.00. The van der Waals surface area contributed by atoms with Crippen LogP contribution in [-0.4, -0.2) is 30.0 Å². The van der Waals surface area contributed by atoms with Crippen LogP contribution in [0.2, 0.25) is 5.02 Å². The first-order valence-corrected chi connectivity index (χ1v) is 9.64. The van der Waals surface area contributed by atoms with E-state index in [-0.39, 0.29) is 11.9 Å². The molecule has 1 atom stereocenters. The summed E-state index contributed by atoms with van der Waals surface area (Å²) in [4.78, 5) is 27.1. The van der Waals surface area contributed by atoms with Crippen LogP contribution in [0.4, 0.5) is 0 Å². The van der Waals surface area contributed by atoms with E-state index in [1.54, 1.807) is 13.0 Å². The number of halogens is 1. The number of benzene rings is 1. The standard InChI is InChI=1S/C19H20ClNO4S/c1-3-24-19(23)18(14-6-4-5-7-15(14)20)21-9-8-16-13(11-21)10-17(26-16)25-12(2)22/h4-7,10,18H,3,8-9,11H2,1-2H3/t18-/m0/s1. The molecule has 0 fully saturated rings. The van der Waals surface area contributed by atoms with Gasteiger partial charge in [0.25, 0.3) is 0 Å². The molecule has 0 amide bonds. The van der Waals surface area contributed by atoms with Crippen LogP contribution in [0.3, 0.4) is 0 Å². The minimum atomic E-state index is -0.561. The molecule has 5 nitrogen and oxygen atoms in total. The van der Waals surface area contributed by atoms with Gasteiger partial charge in [0.2, 0.25) is 0 Å². The maximum absolute atomic E-state index is 12.7. The summed E-state index contributed by atoms with van der Waals surface area (Å²) in [5, 5.41) is 1.14. The highest BCUT2D eigenvalue weighted by Gasteiger charge is 2.33. The molecule has 1 aliphatic rings. The molecule has 0 unspecified atom stereocenters. The second-order valence-corrected chi connectivity index (χ2v) is 7.51. The third-order valence-electron chi connectivity index (χ3n) is 4.19. The number of rotatable bonds is 5. The summed E-state index contributed by atoms with van der Waals surface area (Å²) >= 11 is 7.84. The molecule has 2 heterocycles. The van der Waals surface area contributed by atoms with Crippen molar-refractivity contribution in [2.24, 2.45) is 0 Å². The van der Waals surface area contributed by atoms with Crippen molar-refractivity contribution < 1.29 is 19.1 Å². The van der Waals surface area contributed by atoms with E-state index in [1.807, 2.05) is 24.3 Å². The van der Waals surface area contributed by atoms with Crippen molar-refractivity contribution in [1.29, 1.82) is 0 Å². The Kier molecular flexibility index (Phi) is 5.96. The maximum Gasteiger partial charge on any atom is 0.328 e. The van der Waals surface area contributed by atoms with Gasteiger partial charge in [-0.25, -0.2) is 4.79 Å². The zero-order valence-corrected chi connectivity index (χ0v) is 16.2. The highest BCUT2D eigenvalue weighted by molar-refractivity contribution is 7.14. The van der Waals surface area contributed by atoms with E-state index in [4.69, 9.17) is 21.1 Å². The number of hydrogen-bond acceptors (Lipinski definition) is 6. The van der Waals surface area contributed by atoms with Gasteiger partial charge in [0.1, 0.15) is 6.04 Å². The van der Waals surface area contributed by atoms with Crippen molar-refractivity contribution in [3.05, 3.63) is 51.4 Å². The average molecular weight is 394 g/mol. The Morgan fingerprint density at radius 3 is 2.81 bits per heavy atom. The Morgan fingerprint density at radius 2 is 2.12 bits per heavy atom. The molecule has 2 aromatic rings. The molecule has 3 rings (SSSR count). The third-order valence-corrected chi connectivity index (χ3v) is 5.65. The number of thiophene rings is 1. The van der Waals surface area contributed by atoms with Crippen molar-refractivity contribution >= 4 is 34.9 Å². The fourth-order valence-electron chi connectivity index (χ4n) is 3.13. The van der Waals surface area contributed by atoms with Gasteiger partial charge in [-0.1, -0.05) is 29.8 Å². The SMILES string of the molecule is CCOC(=O)[C@H](c1ccccc1Cl)N1CCc2sc(OC(C)=O)cc2C1. The summed E-state index contributed by atoms with van der Waals surface area (Å²) < 4.78 is 10.5. The largest absolute Gasteiger partial charge is 0.465 e. The summed E-state index contributed by atoms with van der Waals surface area (Å²) in [6, 6.07) is 8.66. The molecule has 1 aromatic heterocycles. The van der Waals surface area contributed by atoms with E-state index in [1.165, 1.54) is 23.1 Å². The van der Waals surface area contributed by atoms with Crippen LogP contribution >= 0.6 is 22.9 Å². The number of ether oxygens (including phenoxy) is 2. The quantitative estimate of drug-likeness (QED) is 0.719. The van der Waals surface area contributed by atoms with E-state index in [0.29, 0.717) is 29.8 Å². The smallest absolute Gasteiger partial charge is 0.328 e. The lowest BCUT2D eigenvalue weighted by atomic mass is 10.0. The number of fused-ring (bicyclic) bond motifs is 1. The highest BCUT2D eigenvalue weighted by atomic mass is 35.5. The molecular weight excluding hydrogens is 374 g/mol. The number of hydrogen-bond donors (Lipinski definition) is 0. The van der Waals surface area contributed by atoms with Crippen molar-refractivity contribution in [2.45, 2.75) is 32.9 Å². The van der Waals surface area contributed by atoms with Crippen LogP contribution in [-0.2, 0) is 27.3 Å². The normalized spacial score (nSPS) is 15.2. The Hall–Kier alpha value is -1.89.